The zero-order valence-electron chi connectivity index (χ0n) is 13.0. The van der Waals surface area contributed by atoms with E-state index in [0.717, 1.165) is 24.9 Å². The number of halogens is 1. The lowest BCUT2D eigenvalue weighted by Gasteiger charge is -2.32. The third-order valence-corrected chi connectivity index (χ3v) is 3.86. The number of piperidine rings is 1. The zero-order chi connectivity index (χ0) is 15.4. The normalized spacial score (nSPS) is 18.4. The molecule has 1 unspecified atom stereocenters. The van der Waals surface area contributed by atoms with E-state index in [1.165, 1.54) is 0 Å². The highest BCUT2D eigenvalue weighted by Gasteiger charge is 2.28. The Morgan fingerprint density at radius 2 is 2.05 bits per heavy atom. The van der Waals surface area contributed by atoms with Crippen LogP contribution in [-0.2, 0) is 11.3 Å². The summed E-state index contributed by atoms with van der Waals surface area (Å²) in [6.07, 6.45) is 2.69. The fraction of sp³-hybridized carbons (Fsp3) is 0.500. The first-order valence-corrected chi connectivity index (χ1v) is 7.26. The quantitative estimate of drug-likeness (QED) is 0.922. The molecule has 22 heavy (non-hydrogen) atoms. The molecule has 1 N–H and O–H groups in total. The van der Waals surface area contributed by atoms with Crippen LogP contribution in [-0.4, -0.2) is 53.5 Å². The fourth-order valence-corrected chi connectivity index (χ4v) is 2.76. The van der Waals surface area contributed by atoms with Crippen molar-refractivity contribution < 1.29 is 14.7 Å². The van der Waals surface area contributed by atoms with Crippen LogP contribution in [0.3, 0.4) is 0 Å². The molecule has 0 radical (unpaired) electrons. The van der Waals surface area contributed by atoms with Gasteiger partial charge in [0.2, 0.25) is 0 Å². The summed E-state index contributed by atoms with van der Waals surface area (Å²) in [5.41, 5.74) is 1.62. The van der Waals surface area contributed by atoms with E-state index in [0.29, 0.717) is 18.5 Å². The Morgan fingerprint density at radius 3 is 2.68 bits per heavy atom. The van der Waals surface area contributed by atoms with Gasteiger partial charge in [-0.1, -0.05) is 18.6 Å². The van der Waals surface area contributed by atoms with Gasteiger partial charge in [0.15, 0.2) is 0 Å². The largest absolute Gasteiger partial charge is 0.480 e. The van der Waals surface area contributed by atoms with Gasteiger partial charge in [-0.3, -0.25) is 14.5 Å². The fourth-order valence-electron chi connectivity index (χ4n) is 2.76. The molecule has 0 aromatic heterocycles. The van der Waals surface area contributed by atoms with Crippen molar-refractivity contribution >= 4 is 24.3 Å². The molecule has 1 fully saturated rings. The van der Waals surface area contributed by atoms with Crippen molar-refractivity contribution in [3.05, 3.63) is 35.4 Å². The number of nitrogens with zero attached hydrogens (tertiary/aromatic N) is 2. The smallest absolute Gasteiger partial charge is 0.320 e. The molecule has 0 aliphatic carbocycles. The second-order valence-electron chi connectivity index (χ2n) is 5.72. The second-order valence-corrected chi connectivity index (χ2v) is 5.72. The van der Waals surface area contributed by atoms with Crippen molar-refractivity contribution in [2.24, 2.45) is 0 Å². The Hall–Kier alpha value is -1.59. The van der Waals surface area contributed by atoms with Gasteiger partial charge < -0.3 is 10.0 Å². The lowest BCUT2D eigenvalue weighted by atomic mass is 10.0. The highest BCUT2D eigenvalue weighted by atomic mass is 35.5. The van der Waals surface area contributed by atoms with E-state index in [1.54, 1.807) is 25.1 Å². The van der Waals surface area contributed by atoms with E-state index in [9.17, 15) is 14.7 Å². The number of carbonyl (C=O) groups excluding carboxylic acids is 1. The topological polar surface area (TPSA) is 60.9 Å². The van der Waals surface area contributed by atoms with Gasteiger partial charge in [-0.2, -0.15) is 0 Å². The number of aliphatic carboxylic acids is 1. The van der Waals surface area contributed by atoms with E-state index < -0.39 is 12.0 Å². The monoisotopic (exact) mass is 326 g/mol. The molecule has 5 nitrogen and oxygen atoms in total. The number of likely N-dealkylation sites (tertiary alicyclic amines) is 1. The van der Waals surface area contributed by atoms with Gasteiger partial charge in [0.1, 0.15) is 6.04 Å². The van der Waals surface area contributed by atoms with Crippen molar-refractivity contribution in [1.82, 2.24) is 9.80 Å². The minimum Gasteiger partial charge on any atom is -0.480 e. The van der Waals surface area contributed by atoms with Crippen LogP contribution in [0, 0.1) is 0 Å². The first-order chi connectivity index (χ1) is 9.99. The Labute approximate surface area is 137 Å². The first-order valence-electron chi connectivity index (χ1n) is 7.26. The molecular weight excluding hydrogens is 304 g/mol. The van der Waals surface area contributed by atoms with Crippen LogP contribution < -0.4 is 0 Å². The summed E-state index contributed by atoms with van der Waals surface area (Å²) in [6.45, 7) is 1.37. The number of benzene rings is 1. The molecule has 122 valence electrons. The molecule has 1 aliphatic rings. The predicted octanol–water partition coefficient (Wildman–Crippen LogP) is 2.25. The molecule has 0 bridgehead atoms. The standard InChI is InChI=1S/C16H22N2O3.ClH/c1-17(2)15(19)13-7-5-6-12(10-13)11-18-9-4-3-8-14(18)16(20)21;/h5-7,10,14H,3-4,8-9,11H2,1-2H3,(H,20,21);1H. The van der Waals surface area contributed by atoms with Crippen LogP contribution >= 0.6 is 12.4 Å². The highest BCUT2D eigenvalue weighted by molar-refractivity contribution is 5.94. The number of rotatable bonds is 4. The van der Waals surface area contributed by atoms with Gasteiger partial charge in [0, 0.05) is 26.2 Å². The molecule has 1 amide bonds. The van der Waals surface area contributed by atoms with Gasteiger partial charge in [-0.25, -0.2) is 0 Å². The molecular formula is C16H23ClN2O3. The lowest BCUT2D eigenvalue weighted by molar-refractivity contribution is -0.144. The van der Waals surface area contributed by atoms with Crippen LogP contribution in [0.1, 0.15) is 35.2 Å². The molecule has 1 aliphatic heterocycles. The van der Waals surface area contributed by atoms with Crippen molar-refractivity contribution in [2.75, 3.05) is 20.6 Å². The summed E-state index contributed by atoms with van der Waals surface area (Å²) in [7, 11) is 3.44. The van der Waals surface area contributed by atoms with Crippen LogP contribution in [0.15, 0.2) is 24.3 Å². The predicted molar refractivity (Wildman–Crippen MR) is 87.4 cm³/mol. The SMILES string of the molecule is CN(C)C(=O)c1cccc(CN2CCCCC2C(=O)O)c1.Cl. The Bertz CT molecular complexity index is 534. The van der Waals surface area contributed by atoms with Crippen molar-refractivity contribution in [3.8, 4) is 0 Å². The van der Waals surface area contributed by atoms with Gasteiger partial charge in [-0.15, -0.1) is 12.4 Å². The van der Waals surface area contributed by atoms with Crippen LogP contribution in [0.5, 0.6) is 0 Å². The minimum atomic E-state index is -0.754. The molecule has 1 aromatic carbocycles. The maximum Gasteiger partial charge on any atom is 0.320 e. The van der Waals surface area contributed by atoms with Gasteiger partial charge in [0.05, 0.1) is 0 Å². The summed E-state index contributed by atoms with van der Waals surface area (Å²) in [6, 6.07) is 7.03. The average Bonchev–Trinajstić information content (AvgIpc) is 2.47. The molecule has 1 atom stereocenters. The van der Waals surface area contributed by atoms with Gasteiger partial charge >= 0.3 is 5.97 Å². The average molecular weight is 327 g/mol. The van der Waals surface area contributed by atoms with Crippen LogP contribution in [0.2, 0.25) is 0 Å². The van der Waals surface area contributed by atoms with E-state index >= 15 is 0 Å². The third-order valence-electron chi connectivity index (χ3n) is 3.86. The van der Waals surface area contributed by atoms with E-state index in [1.807, 2.05) is 23.1 Å². The number of carboxylic acids is 1. The molecule has 2 rings (SSSR count). The number of amides is 1. The zero-order valence-corrected chi connectivity index (χ0v) is 13.8. The lowest BCUT2D eigenvalue weighted by Crippen LogP contribution is -2.44. The number of hydrogen-bond acceptors (Lipinski definition) is 3. The number of carboxylic acid groups (broad SMARTS) is 1. The molecule has 0 saturated carbocycles. The number of hydrogen-bond donors (Lipinski definition) is 1. The second kappa shape index (κ2) is 8.15. The third kappa shape index (κ3) is 4.45. The Kier molecular flexibility index (Phi) is 6.84. The first kappa shape index (κ1) is 18.5. The van der Waals surface area contributed by atoms with Crippen LogP contribution in [0.4, 0.5) is 0 Å². The minimum absolute atomic E-state index is 0. The summed E-state index contributed by atoms with van der Waals surface area (Å²) < 4.78 is 0. The highest BCUT2D eigenvalue weighted by Crippen LogP contribution is 2.20. The van der Waals surface area contributed by atoms with Crippen molar-refractivity contribution in [3.63, 3.8) is 0 Å². The summed E-state index contributed by atoms with van der Waals surface area (Å²) in [5.74, 6) is -0.791. The van der Waals surface area contributed by atoms with Crippen molar-refractivity contribution in [2.45, 2.75) is 31.8 Å². The van der Waals surface area contributed by atoms with Gasteiger partial charge in [0.25, 0.3) is 5.91 Å². The van der Waals surface area contributed by atoms with E-state index in [-0.39, 0.29) is 18.3 Å². The molecule has 1 aromatic rings. The molecule has 0 spiro atoms. The molecule has 1 saturated heterocycles. The summed E-state index contributed by atoms with van der Waals surface area (Å²) in [5, 5.41) is 9.30. The molecule has 6 heteroatoms. The Balaban J connectivity index is 0.00000242. The summed E-state index contributed by atoms with van der Waals surface area (Å²) in [4.78, 5) is 26.8. The van der Waals surface area contributed by atoms with Crippen LogP contribution in [0.25, 0.3) is 0 Å². The van der Waals surface area contributed by atoms with E-state index in [4.69, 9.17) is 0 Å². The Morgan fingerprint density at radius 1 is 1.32 bits per heavy atom. The maximum atomic E-state index is 12.0. The molecule has 1 heterocycles. The van der Waals surface area contributed by atoms with Crippen molar-refractivity contribution in [1.29, 1.82) is 0 Å². The van der Waals surface area contributed by atoms with E-state index in [2.05, 4.69) is 0 Å². The van der Waals surface area contributed by atoms with Gasteiger partial charge in [-0.05, 0) is 37.1 Å². The number of carbonyl (C=O) groups is 2. The maximum absolute atomic E-state index is 12.0. The summed E-state index contributed by atoms with van der Waals surface area (Å²) >= 11 is 0.